The molecule has 0 bridgehead atoms. The largest absolute Gasteiger partial charge is 0.351 e. The number of hydrogen-bond acceptors (Lipinski definition) is 3. The molecule has 23 heavy (non-hydrogen) atoms. The summed E-state index contributed by atoms with van der Waals surface area (Å²) in [5.41, 5.74) is 2.94. The van der Waals surface area contributed by atoms with E-state index in [1.165, 1.54) is 16.0 Å². The molecule has 0 atom stereocenters. The van der Waals surface area contributed by atoms with Crippen LogP contribution in [0, 0.1) is 0 Å². The summed E-state index contributed by atoms with van der Waals surface area (Å²) in [5, 5.41) is 3.04. The van der Waals surface area contributed by atoms with Gasteiger partial charge in [0.25, 0.3) is 5.91 Å². The van der Waals surface area contributed by atoms with Gasteiger partial charge in [0, 0.05) is 31.1 Å². The normalized spacial score (nSPS) is 14.5. The van der Waals surface area contributed by atoms with Crippen molar-refractivity contribution in [3.05, 3.63) is 57.3 Å². The lowest BCUT2D eigenvalue weighted by Gasteiger charge is -2.28. The van der Waals surface area contributed by atoms with Gasteiger partial charge >= 0.3 is 0 Å². The van der Waals surface area contributed by atoms with Gasteiger partial charge in [-0.2, -0.15) is 0 Å². The molecule has 0 saturated carbocycles. The number of carbonyl (C=O) groups is 1. The lowest BCUT2D eigenvalue weighted by atomic mass is 10.00. The van der Waals surface area contributed by atoms with E-state index in [0.29, 0.717) is 0 Å². The molecule has 0 saturated heterocycles. The standard InChI is InChI=1S/C19H24N2OS/c1-2-17-8-9-18(23-17)19(22)20-11-5-12-21-13-10-15-6-3-4-7-16(15)14-21/h3-4,6-9H,2,5,10-14H2,1H3,(H,20,22). The highest BCUT2D eigenvalue weighted by molar-refractivity contribution is 7.14. The molecular weight excluding hydrogens is 304 g/mol. The Morgan fingerprint density at radius 3 is 2.83 bits per heavy atom. The van der Waals surface area contributed by atoms with Crippen molar-refractivity contribution in [2.24, 2.45) is 0 Å². The van der Waals surface area contributed by atoms with Crippen LogP contribution in [0.5, 0.6) is 0 Å². The second kappa shape index (κ2) is 7.75. The van der Waals surface area contributed by atoms with E-state index in [1.807, 2.05) is 12.1 Å². The third-order valence-corrected chi connectivity index (χ3v) is 5.61. The van der Waals surface area contributed by atoms with Crippen molar-refractivity contribution in [3.8, 4) is 0 Å². The van der Waals surface area contributed by atoms with E-state index in [2.05, 4.69) is 41.4 Å². The first-order valence-corrected chi connectivity index (χ1v) is 9.24. The number of carbonyl (C=O) groups excluding carboxylic acids is 1. The van der Waals surface area contributed by atoms with Crippen LogP contribution in [0.3, 0.4) is 0 Å². The Kier molecular flexibility index (Phi) is 5.47. The van der Waals surface area contributed by atoms with E-state index in [-0.39, 0.29) is 5.91 Å². The van der Waals surface area contributed by atoms with Crippen LogP contribution in [0.4, 0.5) is 0 Å². The summed E-state index contributed by atoms with van der Waals surface area (Å²) >= 11 is 1.60. The zero-order chi connectivity index (χ0) is 16.1. The second-order valence-corrected chi connectivity index (χ2v) is 7.19. The Hall–Kier alpha value is -1.65. The maximum absolute atomic E-state index is 12.1. The molecule has 1 aromatic heterocycles. The molecule has 1 aliphatic rings. The highest BCUT2D eigenvalue weighted by atomic mass is 32.1. The van der Waals surface area contributed by atoms with E-state index >= 15 is 0 Å². The molecule has 0 aliphatic carbocycles. The van der Waals surface area contributed by atoms with Crippen molar-refractivity contribution in [1.29, 1.82) is 0 Å². The summed E-state index contributed by atoms with van der Waals surface area (Å²) in [5.74, 6) is 0.0682. The van der Waals surface area contributed by atoms with Crippen molar-refractivity contribution < 1.29 is 4.79 Å². The fourth-order valence-electron chi connectivity index (χ4n) is 3.03. The van der Waals surface area contributed by atoms with E-state index < -0.39 is 0 Å². The zero-order valence-electron chi connectivity index (χ0n) is 13.7. The maximum Gasteiger partial charge on any atom is 0.261 e. The predicted molar refractivity (Wildman–Crippen MR) is 96.1 cm³/mol. The first-order chi connectivity index (χ1) is 11.3. The third-order valence-electron chi connectivity index (χ3n) is 4.38. The molecule has 4 heteroatoms. The van der Waals surface area contributed by atoms with Gasteiger partial charge in [-0.15, -0.1) is 11.3 Å². The van der Waals surface area contributed by atoms with Crippen LogP contribution in [-0.2, 0) is 19.4 Å². The molecule has 3 rings (SSSR count). The molecule has 0 unspecified atom stereocenters. The summed E-state index contributed by atoms with van der Waals surface area (Å²) in [7, 11) is 0. The minimum Gasteiger partial charge on any atom is -0.351 e. The van der Waals surface area contributed by atoms with Gasteiger partial charge in [-0.05, 0) is 42.5 Å². The van der Waals surface area contributed by atoms with Crippen LogP contribution >= 0.6 is 11.3 Å². The fourth-order valence-corrected chi connectivity index (χ4v) is 3.89. The monoisotopic (exact) mass is 328 g/mol. The zero-order valence-corrected chi connectivity index (χ0v) is 14.5. The van der Waals surface area contributed by atoms with E-state index in [1.54, 1.807) is 11.3 Å². The van der Waals surface area contributed by atoms with E-state index in [9.17, 15) is 4.79 Å². The van der Waals surface area contributed by atoms with Gasteiger partial charge in [-0.1, -0.05) is 31.2 Å². The van der Waals surface area contributed by atoms with Crippen LogP contribution in [0.15, 0.2) is 36.4 Å². The minimum atomic E-state index is 0.0682. The lowest BCUT2D eigenvalue weighted by Crippen LogP contribution is -2.33. The van der Waals surface area contributed by atoms with Gasteiger partial charge in [-0.3, -0.25) is 9.69 Å². The van der Waals surface area contributed by atoms with E-state index in [0.717, 1.165) is 50.3 Å². The summed E-state index contributed by atoms with van der Waals surface area (Å²) in [6, 6.07) is 12.7. The van der Waals surface area contributed by atoms with Crippen LogP contribution in [0.2, 0.25) is 0 Å². The average molecular weight is 328 g/mol. The molecule has 1 aromatic carbocycles. The Bertz CT molecular complexity index is 665. The van der Waals surface area contributed by atoms with Crippen molar-refractivity contribution >= 4 is 17.2 Å². The number of nitrogens with one attached hydrogen (secondary N) is 1. The van der Waals surface area contributed by atoms with Gasteiger partial charge in [0.1, 0.15) is 0 Å². The Morgan fingerprint density at radius 2 is 2.04 bits per heavy atom. The number of aryl methyl sites for hydroxylation is 1. The van der Waals surface area contributed by atoms with Gasteiger partial charge in [0.15, 0.2) is 0 Å². The van der Waals surface area contributed by atoms with Gasteiger partial charge in [0.2, 0.25) is 0 Å². The fraction of sp³-hybridized carbons (Fsp3) is 0.421. The molecular formula is C19H24N2OS. The Balaban J connectivity index is 1.39. The van der Waals surface area contributed by atoms with Crippen LogP contribution in [0.1, 0.15) is 39.0 Å². The summed E-state index contributed by atoms with van der Waals surface area (Å²) < 4.78 is 0. The molecule has 2 aromatic rings. The molecule has 2 heterocycles. The minimum absolute atomic E-state index is 0.0682. The summed E-state index contributed by atoms with van der Waals surface area (Å²) in [6.45, 7) is 6.06. The molecule has 3 nitrogen and oxygen atoms in total. The smallest absolute Gasteiger partial charge is 0.261 e. The van der Waals surface area contributed by atoms with Crippen molar-refractivity contribution in [2.75, 3.05) is 19.6 Å². The number of rotatable bonds is 6. The molecule has 0 radical (unpaired) electrons. The van der Waals surface area contributed by atoms with Crippen LogP contribution in [-0.4, -0.2) is 30.4 Å². The number of thiophene rings is 1. The van der Waals surface area contributed by atoms with E-state index in [4.69, 9.17) is 0 Å². The molecule has 1 aliphatic heterocycles. The first-order valence-electron chi connectivity index (χ1n) is 8.42. The number of nitrogens with zero attached hydrogens (tertiary/aromatic N) is 1. The van der Waals surface area contributed by atoms with Crippen LogP contribution < -0.4 is 5.32 Å². The third kappa shape index (κ3) is 4.21. The number of hydrogen-bond donors (Lipinski definition) is 1. The number of benzene rings is 1. The number of fused-ring (bicyclic) bond motifs is 1. The van der Waals surface area contributed by atoms with Crippen molar-refractivity contribution in [2.45, 2.75) is 32.7 Å². The Morgan fingerprint density at radius 1 is 1.22 bits per heavy atom. The van der Waals surface area contributed by atoms with Crippen LogP contribution in [0.25, 0.3) is 0 Å². The summed E-state index contributed by atoms with van der Waals surface area (Å²) in [6.07, 6.45) is 3.13. The average Bonchev–Trinajstić information content (AvgIpc) is 3.07. The van der Waals surface area contributed by atoms with Gasteiger partial charge in [0.05, 0.1) is 4.88 Å². The quantitative estimate of drug-likeness (QED) is 0.823. The van der Waals surface area contributed by atoms with Gasteiger partial charge in [-0.25, -0.2) is 0 Å². The SMILES string of the molecule is CCc1ccc(C(=O)NCCCN2CCc3ccccc3C2)s1. The number of amides is 1. The predicted octanol–water partition coefficient (Wildman–Crippen LogP) is 3.49. The molecule has 0 spiro atoms. The van der Waals surface area contributed by atoms with Crippen molar-refractivity contribution in [1.82, 2.24) is 10.2 Å². The molecule has 122 valence electrons. The maximum atomic E-state index is 12.1. The molecule has 0 fully saturated rings. The first kappa shape index (κ1) is 16.2. The topological polar surface area (TPSA) is 32.3 Å². The Labute approximate surface area is 142 Å². The van der Waals surface area contributed by atoms with Gasteiger partial charge < -0.3 is 5.32 Å². The summed E-state index contributed by atoms with van der Waals surface area (Å²) in [4.78, 5) is 16.6. The molecule has 1 N–H and O–H groups in total. The lowest BCUT2D eigenvalue weighted by molar-refractivity contribution is 0.0955. The molecule has 1 amide bonds. The van der Waals surface area contributed by atoms with Crippen molar-refractivity contribution in [3.63, 3.8) is 0 Å². The highest BCUT2D eigenvalue weighted by Gasteiger charge is 2.15. The highest BCUT2D eigenvalue weighted by Crippen LogP contribution is 2.18. The second-order valence-electron chi connectivity index (χ2n) is 6.02.